The largest absolute Gasteiger partial charge is 0.423 e. The number of benzene rings is 2. The minimum absolute atomic E-state index is 0.153. The second-order valence-electron chi connectivity index (χ2n) is 7.32. The highest BCUT2D eigenvalue weighted by molar-refractivity contribution is 5.86. The summed E-state index contributed by atoms with van der Waals surface area (Å²) >= 11 is 0. The molecule has 4 rings (SSSR count). The molecule has 0 saturated heterocycles. The van der Waals surface area contributed by atoms with Crippen molar-refractivity contribution in [2.45, 2.75) is 12.5 Å². The van der Waals surface area contributed by atoms with Crippen LogP contribution in [0.15, 0.2) is 77.1 Å². The SMILES string of the molecule is Cn1cc(CC(N)C(=O)Oc2ccccc2/N=N/c2ccc(N)nc2N)c2ccccc21. The average molecular weight is 429 g/mol. The van der Waals surface area contributed by atoms with Crippen molar-refractivity contribution in [2.75, 3.05) is 11.5 Å². The van der Waals surface area contributed by atoms with E-state index in [0.29, 0.717) is 17.8 Å². The van der Waals surface area contributed by atoms with E-state index in [9.17, 15) is 4.79 Å². The van der Waals surface area contributed by atoms with Gasteiger partial charge >= 0.3 is 5.97 Å². The van der Waals surface area contributed by atoms with Crippen LogP contribution in [0.1, 0.15) is 5.56 Å². The van der Waals surface area contributed by atoms with Crippen molar-refractivity contribution >= 4 is 39.9 Å². The summed E-state index contributed by atoms with van der Waals surface area (Å²) in [6, 6.07) is 17.1. The average Bonchev–Trinajstić information content (AvgIpc) is 3.09. The molecule has 2 heterocycles. The maximum Gasteiger partial charge on any atom is 0.328 e. The number of nitrogens with two attached hydrogens (primary N) is 3. The van der Waals surface area contributed by atoms with E-state index in [1.54, 1.807) is 36.4 Å². The molecule has 0 aliphatic carbocycles. The van der Waals surface area contributed by atoms with E-state index in [1.165, 1.54) is 0 Å². The van der Waals surface area contributed by atoms with Crippen LogP contribution < -0.4 is 21.9 Å². The van der Waals surface area contributed by atoms with Gasteiger partial charge in [0.1, 0.15) is 23.2 Å². The van der Waals surface area contributed by atoms with Gasteiger partial charge in [0.15, 0.2) is 11.6 Å². The molecular formula is C23H23N7O2. The summed E-state index contributed by atoms with van der Waals surface area (Å²) in [6.45, 7) is 0. The molecular weight excluding hydrogens is 406 g/mol. The molecule has 0 radical (unpaired) electrons. The minimum Gasteiger partial charge on any atom is -0.423 e. The van der Waals surface area contributed by atoms with E-state index in [0.717, 1.165) is 16.5 Å². The number of carbonyl (C=O) groups excluding carboxylic acids is 1. The van der Waals surface area contributed by atoms with Gasteiger partial charge in [0.2, 0.25) is 0 Å². The number of fused-ring (bicyclic) bond motifs is 1. The highest BCUT2D eigenvalue weighted by Crippen LogP contribution is 2.31. The van der Waals surface area contributed by atoms with Gasteiger partial charge in [-0.05, 0) is 35.9 Å². The van der Waals surface area contributed by atoms with Crippen LogP contribution in [0.4, 0.5) is 23.0 Å². The molecule has 6 N–H and O–H groups in total. The number of esters is 1. The molecule has 2 aromatic carbocycles. The first kappa shape index (κ1) is 21.0. The van der Waals surface area contributed by atoms with Gasteiger partial charge in [-0.3, -0.25) is 0 Å². The van der Waals surface area contributed by atoms with Crippen LogP contribution in [0, 0.1) is 0 Å². The first-order valence-corrected chi connectivity index (χ1v) is 9.95. The zero-order valence-electron chi connectivity index (χ0n) is 17.5. The number of azo groups is 1. The molecule has 9 heteroatoms. The van der Waals surface area contributed by atoms with Crippen molar-refractivity contribution < 1.29 is 9.53 Å². The maximum absolute atomic E-state index is 12.7. The number of anilines is 2. The van der Waals surface area contributed by atoms with Gasteiger partial charge in [-0.1, -0.05) is 30.3 Å². The topological polar surface area (TPSA) is 147 Å². The van der Waals surface area contributed by atoms with Gasteiger partial charge in [0, 0.05) is 30.6 Å². The van der Waals surface area contributed by atoms with Gasteiger partial charge in [-0.25, -0.2) is 9.78 Å². The number of ether oxygens (including phenoxy) is 1. The summed E-state index contributed by atoms with van der Waals surface area (Å²) < 4.78 is 7.55. The van der Waals surface area contributed by atoms with Crippen molar-refractivity contribution in [3.05, 3.63) is 72.4 Å². The number of pyridine rings is 1. The number of aromatic nitrogens is 2. The van der Waals surface area contributed by atoms with Gasteiger partial charge in [0.25, 0.3) is 0 Å². The molecule has 162 valence electrons. The van der Waals surface area contributed by atoms with Gasteiger partial charge in [-0.2, -0.15) is 0 Å². The monoisotopic (exact) mass is 429 g/mol. The number of hydrogen-bond donors (Lipinski definition) is 3. The van der Waals surface area contributed by atoms with Gasteiger partial charge < -0.3 is 26.5 Å². The Morgan fingerprint density at radius 2 is 1.75 bits per heavy atom. The number of nitrogens with zero attached hydrogens (tertiary/aromatic N) is 4. The van der Waals surface area contributed by atoms with Gasteiger partial charge in [-0.15, -0.1) is 10.2 Å². The van der Waals surface area contributed by atoms with Crippen LogP contribution in [-0.2, 0) is 18.3 Å². The predicted molar refractivity (Wildman–Crippen MR) is 124 cm³/mol. The van der Waals surface area contributed by atoms with Crippen molar-refractivity contribution in [3.8, 4) is 5.75 Å². The molecule has 32 heavy (non-hydrogen) atoms. The van der Waals surface area contributed by atoms with E-state index in [2.05, 4.69) is 15.2 Å². The van der Waals surface area contributed by atoms with Gasteiger partial charge in [0.05, 0.1) is 0 Å². The molecule has 0 saturated carbocycles. The number of aryl methyl sites for hydroxylation is 1. The Morgan fingerprint density at radius 3 is 2.56 bits per heavy atom. The Bertz CT molecular complexity index is 1310. The number of nitrogen functional groups attached to an aromatic ring is 2. The van der Waals surface area contributed by atoms with E-state index in [4.69, 9.17) is 21.9 Å². The molecule has 4 aromatic rings. The maximum atomic E-state index is 12.7. The Labute approximate surface area is 184 Å². The molecule has 9 nitrogen and oxygen atoms in total. The molecule has 0 amide bonds. The number of para-hydroxylation sites is 2. The quantitative estimate of drug-likeness (QED) is 0.242. The molecule has 0 aliphatic rings. The lowest BCUT2D eigenvalue weighted by molar-refractivity contribution is -0.135. The van der Waals surface area contributed by atoms with E-state index < -0.39 is 12.0 Å². The van der Waals surface area contributed by atoms with Crippen LogP contribution >= 0.6 is 0 Å². The third-order valence-corrected chi connectivity index (χ3v) is 4.99. The zero-order chi connectivity index (χ0) is 22.7. The Morgan fingerprint density at radius 1 is 1.03 bits per heavy atom. The van der Waals surface area contributed by atoms with Crippen molar-refractivity contribution in [2.24, 2.45) is 23.0 Å². The Hall–Kier alpha value is -4.24. The van der Waals surface area contributed by atoms with Crippen LogP contribution in [0.25, 0.3) is 10.9 Å². The molecule has 0 aliphatic heterocycles. The zero-order valence-corrected chi connectivity index (χ0v) is 17.5. The second kappa shape index (κ2) is 8.86. The third kappa shape index (κ3) is 4.42. The van der Waals surface area contributed by atoms with E-state index in [1.807, 2.05) is 42.1 Å². The number of hydrogen-bond acceptors (Lipinski definition) is 8. The van der Waals surface area contributed by atoms with Crippen molar-refractivity contribution in [1.29, 1.82) is 0 Å². The highest BCUT2D eigenvalue weighted by atomic mass is 16.5. The second-order valence-corrected chi connectivity index (χ2v) is 7.32. The summed E-state index contributed by atoms with van der Waals surface area (Å²) in [6.07, 6.45) is 2.32. The first-order chi connectivity index (χ1) is 15.4. The Balaban J connectivity index is 1.50. The molecule has 0 spiro atoms. The summed E-state index contributed by atoms with van der Waals surface area (Å²) in [5, 5.41) is 9.30. The summed E-state index contributed by atoms with van der Waals surface area (Å²) in [4.78, 5) is 16.6. The lowest BCUT2D eigenvalue weighted by atomic mass is 10.1. The van der Waals surface area contributed by atoms with E-state index in [-0.39, 0.29) is 17.4 Å². The number of rotatable bonds is 6. The van der Waals surface area contributed by atoms with Crippen LogP contribution in [0.5, 0.6) is 5.75 Å². The fourth-order valence-corrected chi connectivity index (χ4v) is 3.39. The lowest BCUT2D eigenvalue weighted by Crippen LogP contribution is -2.36. The fourth-order valence-electron chi connectivity index (χ4n) is 3.39. The number of carbonyl (C=O) groups is 1. The Kier molecular flexibility index (Phi) is 5.82. The fraction of sp³-hybridized carbons (Fsp3) is 0.130. The van der Waals surface area contributed by atoms with E-state index >= 15 is 0 Å². The lowest BCUT2D eigenvalue weighted by Gasteiger charge is -2.12. The van der Waals surface area contributed by atoms with Crippen LogP contribution in [0.2, 0.25) is 0 Å². The molecule has 1 unspecified atom stereocenters. The van der Waals surface area contributed by atoms with Crippen molar-refractivity contribution in [3.63, 3.8) is 0 Å². The summed E-state index contributed by atoms with van der Waals surface area (Å²) in [5.41, 5.74) is 20.3. The summed E-state index contributed by atoms with van der Waals surface area (Å²) in [7, 11) is 1.96. The molecule has 2 aromatic heterocycles. The standard InChI is InChI=1S/C23H23N7O2/c1-30-13-14(15-6-2-4-8-19(15)30)12-16(24)23(31)32-20-9-5-3-7-17(20)28-29-18-10-11-21(25)27-22(18)26/h2-11,13,16H,12,24H2,1H3,(H4,25,26,27)/b29-28+. The molecule has 0 bridgehead atoms. The smallest absolute Gasteiger partial charge is 0.328 e. The third-order valence-electron chi connectivity index (χ3n) is 4.99. The molecule has 0 fully saturated rings. The molecule has 1 atom stereocenters. The van der Waals surface area contributed by atoms with Crippen LogP contribution in [-0.4, -0.2) is 21.6 Å². The normalized spacial score (nSPS) is 12.3. The predicted octanol–water partition coefficient (Wildman–Crippen LogP) is 3.63. The minimum atomic E-state index is -0.845. The van der Waals surface area contributed by atoms with Crippen LogP contribution in [0.3, 0.4) is 0 Å². The van der Waals surface area contributed by atoms with Crippen molar-refractivity contribution in [1.82, 2.24) is 9.55 Å². The first-order valence-electron chi connectivity index (χ1n) is 9.95. The highest BCUT2D eigenvalue weighted by Gasteiger charge is 2.20. The summed E-state index contributed by atoms with van der Waals surface area (Å²) in [5.74, 6) is 0.127.